The van der Waals surface area contributed by atoms with Gasteiger partial charge in [-0.05, 0) is 37.1 Å². The number of carbonyl (C=O) groups excluding carboxylic acids is 1. The van der Waals surface area contributed by atoms with Crippen LogP contribution in [0.2, 0.25) is 0 Å². The number of rotatable bonds is 5. The highest BCUT2D eigenvalue weighted by molar-refractivity contribution is 5.93. The van der Waals surface area contributed by atoms with Gasteiger partial charge in [0, 0.05) is 18.1 Å². The predicted molar refractivity (Wildman–Crippen MR) is 96.3 cm³/mol. The van der Waals surface area contributed by atoms with Crippen LogP contribution in [0.3, 0.4) is 0 Å². The van der Waals surface area contributed by atoms with Crippen LogP contribution < -0.4 is 5.73 Å². The van der Waals surface area contributed by atoms with Gasteiger partial charge in [-0.2, -0.15) is 0 Å². The second-order valence-electron chi connectivity index (χ2n) is 6.10. The van der Waals surface area contributed by atoms with E-state index in [1.54, 1.807) is 6.07 Å². The van der Waals surface area contributed by atoms with E-state index in [1.165, 1.54) is 41.2 Å². The summed E-state index contributed by atoms with van der Waals surface area (Å²) in [6.07, 6.45) is 6.06. The third-order valence-corrected chi connectivity index (χ3v) is 4.24. The van der Waals surface area contributed by atoms with E-state index in [-0.39, 0.29) is 11.4 Å². The number of aryl methyl sites for hydroxylation is 2. The molecule has 1 amide bonds. The van der Waals surface area contributed by atoms with Crippen molar-refractivity contribution in [3.05, 3.63) is 77.6 Å². The summed E-state index contributed by atoms with van der Waals surface area (Å²) in [6.45, 7) is 0. The van der Waals surface area contributed by atoms with E-state index in [0.717, 1.165) is 6.20 Å². The van der Waals surface area contributed by atoms with Crippen LogP contribution in [0.1, 0.15) is 21.7 Å². The summed E-state index contributed by atoms with van der Waals surface area (Å²) in [5.74, 6) is -1.23. The molecular formula is C19H14F2N6O. The Labute approximate surface area is 157 Å². The van der Waals surface area contributed by atoms with E-state index in [0.29, 0.717) is 35.6 Å². The van der Waals surface area contributed by atoms with E-state index >= 15 is 0 Å². The van der Waals surface area contributed by atoms with Crippen LogP contribution in [0.25, 0.3) is 17.2 Å². The smallest absolute Gasteiger partial charge is 0.252 e. The van der Waals surface area contributed by atoms with Gasteiger partial charge in [0.05, 0.1) is 23.7 Å². The molecule has 0 atom stereocenters. The topological polar surface area (TPSA) is 99.1 Å². The van der Waals surface area contributed by atoms with E-state index < -0.39 is 17.5 Å². The van der Waals surface area contributed by atoms with Gasteiger partial charge < -0.3 is 5.73 Å². The number of nitrogens with two attached hydrogens (primary N) is 1. The first-order chi connectivity index (χ1) is 13.5. The minimum absolute atomic E-state index is 0.186. The number of halogens is 2. The molecule has 4 heterocycles. The summed E-state index contributed by atoms with van der Waals surface area (Å²) in [5.41, 5.74) is 7.71. The molecule has 28 heavy (non-hydrogen) atoms. The Morgan fingerprint density at radius 2 is 1.79 bits per heavy atom. The lowest BCUT2D eigenvalue weighted by Gasteiger charge is -2.08. The lowest BCUT2D eigenvalue weighted by molar-refractivity contribution is 0.0998. The molecule has 0 radical (unpaired) electrons. The third-order valence-electron chi connectivity index (χ3n) is 4.24. The fourth-order valence-corrected chi connectivity index (χ4v) is 2.86. The Hall–Kier alpha value is -3.75. The number of hydrogen-bond acceptors (Lipinski definition) is 5. The minimum atomic E-state index is -0.655. The summed E-state index contributed by atoms with van der Waals surface area (Å²) < 4.78 is 28.1. The number of carbonyl (C=O) groups is 1. The third kappa shape index (κ3) is 3.41. The van der Waals surface area contributed by atoms with Crippen molar-refractivity contribution < 1.29 is 13.6 Å². The molecule has 0 saturated carbocycles. The lowest BCUT2D eigenvalue weighted by Crippen LogP contribution is -2.16. The van der Waals surface area contributed by atoms with Crippen LogP contribution in [0.4, 0.5) is 8.78 Å². The zero-order chi connectivity index (χ0) is 19.7. The normalized spacial score (nSPS) is 11.1. The van der Waals surface area contributed by atoms with Crippen LogP contribution in [0.15, 0.2) is 49.1 Å². The number of fused-ring (bicyclic) bond motifs is 1. The van der Waals surface area contributed by atoms with Crippen molar-refractivity contribution in [3.63, 3.8) is 0 Å². The SMILES string of the molecule is NC(=O)c1cnc(-c2cnc3ccc(F)cn23)nc1CCc1ccc(F)cn1. The van der Waals surface area contributed by atoms with Crippen LogP contribution in [-0.4, -0.2) is 30.2 Å². The van der Waals surface area contributed by atoms with Gasteiger partial charge in [0.1, 0.15) is 23.0 Å². The molecule has 0 aliphatic carbocycles. The molecule has 4 rings (SSSR count). The Morgan fingerprint density at radius 1 is 0.964 bits per heavy atom. The minimum Gasteiger partial charge on any atom is -0.365 e. The van der Waals surface area contributed by atoms with E-state index in [4.69, 9.17) is 5.73 Å². The lowest BCUT2D eigenvalue weighted by atomic mass is 10.1. The summed E-state index contributed by atoms with van der Waals surface area (Å²) in [7, 11) is 0. The largest absolute Gasteiger partial charge is 0.365 e. The Balaban J connectivity index is 1.71. The highest BCUT2D eigenvalue weighted by Gasteiger charge is 2.16. The number of amides is 1. The van der Waals surface area contributed by atoms with Crippen LogP contribution in [0, 0.1) is 11.6 Å². The number of nitrogens with zero attached hydrogens (tertiary/aromatic N) is 5. The highest BCUT2D eigenvalue weighted by atomic mass is 19.1. The molecule has 9 heteroatoms. The Morgan fingerprint density at radius 3 is 2.54 bits per heavy atom. The average molecular weight is 380 g/mol. The number of pyridine rings is 2. The van der Waals surface area contributed by atoms with Crippen molar-refractivity contribution >= 4 is 11.6 Å². The Bertz CT molecular complexity index is 1170. The van der Waals surface area contributed by atoms with Crippen molar-refractivity contribution in [1.82, 2.24) is 24.3 Å². The van der Waals surface area contributed by atoms with Gasteiger partial charge in [-0.1, -0.05) is 0 Å². The molecule has 7 nitrogen and oxygen atoms in total. The fourth-order valence-electron chi connectivity index (χ4n) is 2.86. The first-order valence-electron chi connectivity index (χ1n) is 8.40. The zero-order valence-electron chi connectivity index (χ0n) is 14.5. The molecule has 4 aromatic heterocycles. The second-order valence-corrected chi connectivity index (χ2v) is 6.10. The molecule has 0 saturated heterocycles. The summed E-state index contributed by atoms with van der Waals surface area (Å²) in [4.78, 5) is 28.6. The Kier molecular flexibility index (Phi) is 4.48. The van der Waals surface area contributed by atoms with Gasteiger partial charge in [-0.3, -0.25) is 14.2 Å². The van der Waals surface area contributed by atoms with Crippen LogP contribution in [0.5, 0.6) is 0 Å². The molecule has 0 aliphatic heterocycles. The average Bonchev–Trinajstić information content (AvgIpc) is 3.10. The maximum absolute atomic E-state index is 13.6. The standard InChI is InChI=1S/C19H14F2N6O/c20-11-1-3-13(23-7-11)4-5-15-14(18(22)28)8-25-19(26-15)16-9-24-17-6-2-12(21)10-27(16)17/h1-3,6-10H,4-5H2,(H2,22,28). The van der Waals surface area contributed by atoms with E-state index in [9.17, 15) is 13.6 Å². The first kappa shape index (κ1) is 17.7. The van der Waals surface area contributed by atoms with Crippen molar-refractivity contribution in [2.75, 3.05) is 0 Å². The maximum atomic E-state index is 13.6. The fraction of sp³-hybridized carbons (Fsp3) is 0.105. The van der Waals surface area contributed by atoms with E-state index in [2.05, 4.69) is 19.9 Å². The summed E-state index contributed by atoms with van der Waals surface area (Å²) in [5, 5.41) is 0. The van der Waals surface area contributed by atoms with Crippen molar-refractivity contribution in [1.29, 1.82) is 0 Å². The molecule has 0 aromatic carbocycles. The second kappa shape index (κ2) is 7.10. The maximum Gasteiger partial charge on any atom is 0.252 e. The van der Waals surface area contributed by atoms with Gasteiger partial charge in [0.15, 0.2) is 5.82 Å². The van der Waals surface area contributed by atoms with Crippen molar-refractivity contribution in [2.45, 2.75) is 12.8 Å². The van der Waals surface area contributed by atoms with Crippen molar-refractivity contribution in [3.8, 4) is 11.5 Å². The number of primary amides is 1. The highest BCUT2D eigenvalue weighted by Crippen LogP contribution is 2.20. The number of hydrogen-bond donors (Lipinski definition) is 1. The molecule has 2 N–H and O–H groups in total. The molecule has 0 bridgehead atoms. The van der Waals surface area contributed by atoms with Gasteiger partial charge in [0.2, 0.25) is 0 Å². The van der Waals surface area contributed by atoms with Gasteiger partial charge >= 0.3 is 0 Å². The van der Waals surface area contributed by atoms with Gasteiger partial charge in [-0.15, -0.1) is 0 Å². The quantitative estimate of drug-likeness (QED) is 0.573. The predicted octanol–water partition coefficient (Wildman–Crippen LogP) is 2.35. The molecule has 4 aromatic rings. The van der Waals surface area contributed by atoms with Crippen LogP contribution >= 0.6 is 0 Å². The zero-order valence-corrected chi connectivity index (χ0v) is 14.5. The molecule has 0 aliphatic rings. The number of aromatic nitrogens is 5. The molecular weight excluding hydrogens is 366 g/mol. The van der Waals surface area contributed by atoms with Crippen LogP contribution in [-0.2, 0) is 12.8 Å². The molecule has 0 unspecified atom stereocenters. The monoisotopic (exact) mass is 380 g/mol. The summed E-state index contributed by atoms with van der Waals surface area (Å²) >= 11 is 0. The van der Waals surface area contributed by atoms with Gasteiger partial charge in [-0.25, -0.2) is 23.7 Å². The van der Waals surface area contributed by atoms with Crippen molar-refractivity contribution in [2.24, 2.45) is 5.73 Å². The molecule has 140 valence electrons. The van der Waals surface area contributed by atoms with E-state index in [1.807, 2.05) is 0 Å². The summed E-state index contributed by atoms with van der Waals surface area (Å²) in [6, 6.07) is 5.73. The molecule has 0 fully saturated rings. The number of imidazole rings is 1. The first-order valence-corrected chi connectivity index (χ1v) is 8.40. The van der Waals surface area contributed by atoms with Gasteiger partial charge in [0.25, 0.3) is 5.91 Å². The molecule has 0 spiro atoms.